The van der Waals surface area contributed by atoms with Gasteiger partial charge in [-0.2, -0.15) is 0 Å². The van der Waals surface area contributed by atoms with Crippen LogP contribution in [0.5, 0.6) is 5.75 Å². The molecule has 3 amide bonds. The first-order chi connectivity index (χ1) is 22.0. The monoisotopic (exact) mass is 632 g/mol. The molecule has 0 atom stereocenters. The van der Waals surface area contributed by atoms with E-state index in [0.29, 0.717) is 50.4 Å². The first kappa shape index (κ1) is 35.8. The van der Waals surface area contributed by atoms with Crippen molar-refractivity contribution < 1.29 is 24.2 Å². The molecule has 248 valence electrons. The lowest BCUT2D eigenvalue weighted by Crippen LogP contribution is -2.32. The van der Waals surface area contributed by atoms with Crippen molar-refractivity contribution in [2.75, 3.05) is 25.4 Å². The van der Waals surface area contributed by atoms with Gasteiger partial charge in [0.2, 0.25) is 5.91 Å². The lowest BCUT2D eigenvalue weighted by molar-refractivity contribution is -0.121. The number of alkyl carbamates (subject to hydrolysis) is 1. The number of ether oxygens (including phenoxy) is 1. The number of aromatic hydroxyl groups is 1. The molecule has 0 aliphatic rings. The number of hydrogen-bond acceptors (Lipinski definition) is 8. The van der Waals surface area contributed by atoms with Crippen LogP contribution in [-0.2, 0) is 16.0 Å². The van der Waals surface area contributed by atoms with Gasteiger partial charge in [-0.15, -0.1) is 0 Å². The third kappa shape index (κ3) is 11.7. The highest BCUT2D eigenvalue weighted by Gasteiger charge is 2.17. The Hall–Kier alpha value is -4.67. The Kier molecular flexibility index (Phi) is 13.8. The fourth-order valence-electron chi connectivity index (χ4n) is 4.96. The van der Waals surface area contributed by atoms with Gasteiger partial charge in [0.1, 0.15) is 22.9 Å². The summed E-state index contributed by atoms with van der Waals surface area (Å²) in [6, 6.07) is 10.4. The van der Waals surface area contributed by atoms with Crippen LogP contribution in [0.4, 0.5) is 10.6 Å². The van der Waals surface area contributed by atoms with Crippen LogP contribution in [-0.4, -0.2) is 58.2 Å². The van der Waals surface area contributed by atoms with Gasteiger partial charge in [-0.1, -0.05) is 44.4 Å². The molecular formula is C35H48N6O5. The van der Waals surface area contributed by atoms with Gasteiger partial charge in [-0.05, 0) is 75.8 Å². The number of phenols is 1. The summed E-state index contributed by atoms with van der Waals surface area (Å²) in [6.07, 6.45) is 9.39. The number of anilines is 1. The molecule has 0 radical (unpaired) electrons. The normalized spacial score (nSPS) is 11.1. The van der Waals surface area contributed by atoms with Crippen LogP contribution in [0.1, 0.15) is 88.7 Å². The van der Waals surface area contributed by atoms with Gasteiger partial charge >= 0.3 is 6.09 Å². The molecule has 0 unspecified atom stereocenters. The molecule has 46 heavy (non-hydrogen) atoms. The highest BCUT2D eigenvalue weighted by atomic mass is 16.6. The number of carbonyl (C=O) groups is 3. The summed E-state index contributed by atoms with van der Waals surface area (Å²) < 4.78 is 5.20. The van der Waals surface area contributed by atoms with E-state index in [0.717, 1.165) is 59.9 Å². The number of unbranched alkanes of at least 4 members (excludes halogenated alkanes) is 4. The molecular weight excluding hydrogens is 584 g/mol. The van der Waals surface area contributed by atoms with Crippen LogP contribution >= 0.6 is 0 Å². The molecule has 0 fully saturated rings. The zero-order valence-electron chi connectivity index (χ0n) is 27.4. The maximum Gasteiger partial charge on any atom is 0.407 e. The van der Waals surface area contributed by atoms with Crippen LogP contribution in [0.3, 0.4) is 0 Å². The molecule has 6 N–H and O–H groups in total. The van der Waals surface area contributed by atoms with Crippen molar-refractivity contribution >= 4 is 23.7 Å². The molecule has 3 aromatic rings. The zero-order chi connectivity index (χ0) is 33.5. The molecule has 0 aliphatic heterocycles. The second-order valence-corrected chi connectivity index (χ2v) is 12.1. The number of carbonyl (C=O) groups excluding carboxylic acids is 3. The predicted molar refractivity (Wildman–Crippen MR) is 180 cm³/mol. The standard InChI is InChI=1S/C35H48N6O5/c1-5-27-28(23-41-32(36)31(27)24-13-16-26(42)17-14-24)25-15-18-29(40-22-25)33(44)38-21-11-20-37-30(43)12-9-7-6-8-10-19-39-34(45)46-35(2,3)4/h13-18,22-23,42H,5-12,19-21H2,1-4H3,(H2,36,41)(H,37,43)(H,38,44)(H,39,45). The topological polar surface area (TPSA) is 169 Å². The molecule has 2 heterocycles. The molecule has 1 aromatic carbocycles. The smallest absolute Gasteiger partial charge is 0.407 e. The molecule has 0 saturated carbocycles. The number of nitrogens with two attached hydrogens (primary N) is 1. The van der Waals surface area contributed by atoms with Crippen molar-refractivity contribution in [1.29, 1.82) is 0 Å². The van der Waals surface area contributed by atoms with Crippen molar-refractivity contribution in [3.63, 3.8) is 0 Å². The van der Waals surface area contributed by atoms with Crippen molar-refractivity contribution in [3.8, 4) is 28.0 Å². The number of rotatable bonds is 16. The first-order valence-corrected chi connectivity index (χ1v) is 16.0. The van der Waals surface area contributed by atoms with E-state index >= 15 is 0 Å². The van der Waals surface area contributed by atoms with E-state index in [1.165, 1.54) is 0 Å². The van der Waals surface area contributed by atoms with Crippen LogP contribution < -0.4 is 21.7 Å². The average molecular weight is 633 g/mol. The van der Waals surface area contributed by atoms with Gasteiger partial charge in [-0.3, -0.25) is 14.6 Å². The average Bonchev–Trinajstić information content (AvgIpc) is 3.01. The largest absolute Gasteiger partial charge is 0.508 e. The minimum absolute atomic E-state index is 0.00681. The SMILES string of the molecule is CCc1c(-c2ccc(C(=O)NCCCNC(=O)CCCCCCCNC(=O)OC(C)(C)C)nc2)cnc(N)c1-c1ccc(O)cc1. The highest BCUT2D eigenvalue weighted by Crippen LogP contribution is 2.36. The molecule has 0 spiro atoms. The van der Waals surface area contributed by atoms with Gasteiger partial charge in [0.15, 0.2) is 0 Å². The third-order valence-corrected chi connectivity index (χ3v) is 7.24. The molecule has 0 saturated heterocycles. The van der Waals surface area contributed by atoms with E-state index in [1.807, 2.05) is 45.9 Å². The van der Waals surface area contributed by atoms with Crippen LogP contribution in [0.15, 0.2) is 48.8 Å². The Balaban J connectivity index is 1.34. The van der Waals surface area contributed by atoms with E-state index in [2.05, 4.69) is 25.9 Å². The number of phenolic OH excluding ortho intramolecular Hbond substituents is 1. The Bertz CT molecular complexity index is 1440. The molecule has 11 heteroatoms. The van der Waals surface area contributed by atoms with Crippen molar-refractivity contribution in [2.24, 2.45) is 0 Å². The summed E-state index contributed by atoms with van der Waals surface area (Å²) >= 11 is 0. The maximum absolute atomic E-state index is 12.6. The molecule has 2 aromatic heterocycles. The first-order valence-electron chi connectivity index (χ1n) is 16.0. The summed E-state index contributed by atoms with van der Waals surface area (Å²) in [4.78, 5) is 45.2. The quantitative estimate of drug-likeness (QED) is 0.124. The van der Waals surface area contributed by atoms with Crippen molar-refractivity contribution in [3.05, 3.63) is 60.0 Å². The van der Waals surface area contributed by atoms with Crippen molar-refractivity contribution in [2.45, 2.75) is 84.7 Å². The number of benzene rings is 1. The lowest BCUT2D eigenvalue weighted by atomic mass is 9.92. The lowest BCUT2D eigenvalue weighted by Gasteiger charge is -2.19. The number of nitrogens with one attached hydrogen (secondary N) is 3. The maximum atomic E-state index is 12.6. The Morgan fingerprint density at radius 3 is 2.13 bits per heavy atom. The summed E-state index contributed by atoms with van der Waals surface area (Å²) in [7, 11) is 0. The van der Waals surface area contributed by atoms with E-state index in [9.17, 15) is 19.5 Å². The number of hydrogen-bond donors (Lipinski definition) is 5. The minimum atomic E-state index is -0.496. The van der Waals surface area contributed by atoms with Crippen LogP contribution in [0, 0.1) is 0 Å². The van der Waals surface area contributed by atoms with Gasteiger partial charge in [-0.25, -0.2) is 9.78 Å². The van der Waals surface area contributed by atoms with Crippen LogP contribution in [0.2, 0.25) is 0 Å². The van der Waals surface area contributed by atoms with Gasteiger partial charge in [0.05, 0.1) is 0 Å². The predicted octanol–water partition coefficient (Wildman–Crippen LogP) is 5.76. The summed E-state index contributed by atoms with van der Waals surface area (Å²) in [5, 5.41) is 18.2. The van der Waals surface area contributed by atoms with Crippen molar-refractivity contribution in [1.82, 2.24) is 25.9 Å². The minimum Gasteiger partial charge on any atom is -0.508 e. The fraction of sp³-hybridized carbons (Fsp3) is 0.457. The number of nitrogen functional groups attached to an aromatic ring is 1. The Labute approximate surface area is 271 Å². The van der Waals surface area contributed by atoms with Gasteiger partial charge < -0.3 is 31.5 Å². The third-order valence-electron chi connectivity index (χ3n) is 7.24. The number of nitrogens with zero attached hydrogens (tertiary/aromatic N) is 2. The number of amides is 3. The summed E-state index contributed by atoms with van der Waals surface area (Å²) in [5.41, 5.74) is 10.4. The van der Waals surface area contributed by atoms with E-state index in [4.69, 9.17) is 10.5 Å². The summed E-state index contributed by atoms with van der Waals surface area (Å²) in [6.45, 7) is 9.02. The second-order valence-electron chi connectivity index (χ2n) is 12.1. The van der Waals surface area contributed by atoms with E-state index < -0.39 is 11.7 Å². The number of pyridine rings is 2. The molecule has 0 aliphatic carbocycles. The fourth-order valence-corrected chi connectivity index (χ4v) is 4.96. The van der Waals surface area contributed by atoms with Crippen LogP contribution in [0.25, 0.3) is 22.3 Å². The van der Waals surface area contributed by atoms with E-state index in [-0.39, 0.29) is 17.6 Å². The highest BCUT2D eigenvalue weighted by molar-refractivity contribution is 5.93. The van der Waals surface area contributed by atoms with Gasteiger partial charge in [0.25, 0.3) is 5.91 Å². The summed E-state index contributed by atoms with van der Waals surface area (Å²) in [5.74, 6) is 0.307. The Morgan fingerprint density at radius 1 is 0.804 bits per heavy atom. The molecule has 11 nitrogen and oxygen atoms in total. The molecule has 3 rings (SSSR count). The molecule has 0 bridgehead atoms. The zero-order valence-corrected chi connectivity index (χ0v) is 27.4. The number of aromatic nitrogens is 2. The van der Waals surface area contributed by atoms with Gasteiger partial charge in [0, 0.05) is 55.1 Å². The second kappa shape index (κ2) is 17.7. The Morgan fingerprint density at radius 2 is 1.46 bits per heavy atom. The van der Waals surface area contributed by atoms with E-state index in [1.54, 1.807) is 30.6 Å².